The molecule has 0 amide bonds. The average Bonchev–Trinajstić information content (AvgIpc) is 2.45. The minimum absolute atomic E-state index is 0.344. The standard InChI is InChI=1S/C15H25BrN2O2/c1-12(11-20-3)18(6-7-19-2)10-14-5-4-13(9-17)8-15(14)16/h4-5,8,12H,6-7,9-11,17H2,1-3H3. The molecule has 0 bridgehead atoms. The molecule has 0 aromatic heterocycles. The van der Waals surface area contributed by atoms with E-state index in [1.807, 2.05) is 0 Å². The molecule has 4 nitrogen and oxygen atoms in total. The smallest absolute Gasteiger partial charge is 0.0615 e. The number of methoxy groups -OCH3 is 2. The zero-order valence-corrected chi connectivity index (χ0v) is 14.1. The quantitative estimate of drug-likeness (QED) is 0.747. The number of nitrogens with two attached hydrogens (primary N) is 1. The first kappa shape index (κ1) is 17.6. The van der Waals surface area contributed by atoms with E-state index in [9.17, 15) is 0 Å². The molecule has 0 saturated carbocycles. The second-order valence-corrected chi connectivity index (χ2v) is 5.75. The van der Waals surface area contributed by atoms with E-state index in [0.717, 1.165) is 23.1 Å². The van der Waals surface area contributed by atoms with Gasteiger partial charge >= 0.3 is 0 Å². The summed E-state index contributed by atoms with van der Waals surface area (Å²) < 4.78 is 11.6. The maximum absolute atomic E-state index is 5.66. The van der Waals surface area contributed by atoms with Crippen LogP contribution in [-0.4, -0.2) is 44.9 Å². The third-order valence-corrected chi connectivity index (χ3v) is 4.08. The van der Waals surface area contributed by atoms with Gasteiger partial charge in [-0.1, -0.05) is 28.1 Å². The predicted molar refractivity (Wildman–Crippen MR) is 85.7 cm³/mol. The highest BCUT2D eigenvalue weighted by atomic mass is 79.9. The van der Waals surface area contributed by atoms with Gasteiger partial charge in [-0.05, 0) is 24.1 Å². The van der Waals surface area contributed by atoms with Crippen LogP contribution in [0, 0.1) is 0 Å². The van der Waals surface area contributed by atoms with Crippen molar-refractivity contribution in [2.75, 3.05) is 34.0 Å². The zero-order chi connectivity index (χ0) is 15.0. The van der Waals surface area contributed by atoms with Crippen molar-refractivity contribution < 1.29 is 9.47 Å². The summed E-state index contributed by atoms with van der Waals surface area (Å²) in [5.74, 6) is 0. The van der Waals surface area contributed by atoms with Gasteiger partial charge in [0.05, 0.1) is 13.2 Å². The Morgan fingerprint density at radius 2 is 2.05 bits per heavy atom. The lowest BCUT2D eigenvalue weighted by Crippen LogP contribution is -2.38. The number of rotatable bonds is 9. The van der Waals surface area contributed by atoms with E-state index < -0.39 is 0 Å². The molecule has 0 aliphatic rings. The van der Waals surface area contributed by atoms with Gasteiger partial charge in [0, 0.05) is 44.4 Å². The number of benzene rings is 1. The number of nitrogens with zero attached hydrogens (tertiary/aromatic N) is 1. The summed E-state index contributed by atoms with van der Waals surface area (Å²) in [6.07, 6.45) is 0. The molecular formula is C15H25BrN2O2. The minimum Gasteiger partial charge on any atom is -0.383 e. The van der Waals surface area contributed by atoms with E-state index in [2.05, 4.69) is 46.0 Å². The Bertz CT molecular complexity index is 401. The lowest BCUT2D eigenvalue weighted by molar-refractivity contribution is 0.0704. The van der Waals surface area contributed by atoms with Gasteiger partial charge in [-0.15, -0.1) is 0 Å². The van der Waals surface area contributed by atoms with Crippen molar-refractivity contribution in [2.24, 2.45) is 5.73 Å². The average molecular weight is 345 g/mol. The molecule has 1 unspecified atom stereocenters. The molecule has 0 spiro atoms. The maximum atomic E-state index is 5.66. The number of halogens is 1. The highest BCUT2D eigenvalue weighted by Crippen LogP contribution is 2.21. The summed E-state index contributed by atoms with van der Waals surface area (Å²) in [6.45, 7) is 5.90. The molecule has 1 rings (SSSR count). The molecule has 0 aliphatic heterocycles. The molecule has 0 radical (unpaired) electrons. The summed E-state index contributed by atoms with van der Waals surface area (Å²) in [5.41, 5.74) is 8.04. The Labute approximate surface area is 130 Å². The van der Waals surface area contributed by atoms with Crippen LogP contribution in [0.1, 0.15) is 18.1 Å². The molecule has 20 heavy (non-hydrogen) atoms. The fourth-order valence-electron chi connectivity index (χ4n) is 2.08. The Morgan fingerprint density at radius 3 is 2.60 bits per heavy atom. The van der Waals surface area contributed by atoms with Crippen molar-refractivity contribution in [1.29, 1.82) is 0 Å². The van der Waals surface area contributed by atoms with E-state index in [-0.39, 0.29) is 0 Å². The number of hydrogen-bond donors (Lipinski definition) is 1. The van der Waals surface area contributed by atoms with Gasteiger partial charge in [0.1, 0.15) is 0 Å². The van der Waals surface area contributed by atoms with Crippen molar-refractivity contribution in [3.05, 3.63) is 33.8 Å². The molecule has 1 aromatic rings. The Kier molecular flexibility index (Phi) is 8.33. The first-order valence-corrected chi connectivity index (χ1v) is 7.61. The Morgan fingerprint density at radius 1 is 1.30 bits per heavy atom. The van der Waals surface area contributed by atoms with Gasteiger partial charge in [0.2, 0.25) is 0 Å². The van der Waals surface area contributed by atoms with Crippen LogP contribution in [0.15, 0.2) is 22.7 Å². The monoisotopic (exact) mass is 344 g/mol. The molecule has 5 heteroatoms. The normalized spacial score (nSPS) is 12.9. The Hall–Kier alpha value is -0.460. The molecule has 0 aliphatic carbocycles. The highest BCUT2D eigenvalue weighted by molar-refractivity contribution is 9.10. The molecule has 0 saturated heterocycles. The van der Waals surface area contributed by atoms with Crippen molar-refractivity contribution in [1.82, 2.24) is 4.90 Å². The SMILES string of the molecule is COCCN(Cc1ccc(CN)cc1Br)C(C)COC. The van der Waals surface area contributed by atoms with Crippen molar-refractivity contribution in [2.45, 2.75) is 26.1 Å². The van der Waals surface area contributed by atoms with Gasteiger partial charge in [-0.25, -0.2) is 0 Å². The van der Waals surface area contributed by atoms with Crippen LogP contribution in [0.25, 0.3) is 0 Å². The predicted octanol–water partition coefficient (Wildman–Crippen LogP) is 2.39. The number of ether oxygens (including phenoxy) is 2. The molecule has 1 atom stereocenters. The van der Waals surface area contributed by atoms with Crippen LogP contribution in [0.4, 0.5) is 0 Å². The Balaban J connectivity index is 2.77. The van der Waals surface area contributed by atoms with Gasteiger partial charge in [0.15, 0.2) is 0 Å². The second kappa shape index (κ2) is 9.47. The first-order chi connectivity index (χ1) is 9.62. The lowest BCUT2D eigenvalue weighted by atomic mass is 10.1. The van der Waals surface area contributed by atoms with Crippen molar-refractivity contribution in [3.8, 4) is 0 Å². The van der Waals surface area contributed by atoms with E-state index in [1.165, 1.54) is 5.56 Å². The molecule has 2 N–H and O–H groups in total. The minimum atomic E-state index is 0.344. The second-order valence-electron chi connectivity index (χ2n) is 4.90. The van der Waals surface area contributed by atoms with Crippen LogP contribution >= 0.6 is 15.9 Å². The fraction of sp³-hybridized carbons (Fsp3) is 0.600. The third kappa shape index (κ3) is 5.50. The van der Waals surface area contributed by atoms with Crippen LogP contribution in [0.3, 0.4) is 0 Å². The summed E-state index contributed by atoms with van der Waals surface area (Å²) >= 11 is 3.63. The lowest BCUT2D eigenvalue weighted by Gasteiger charge is -2.29. The van der Waals surface area contributed by atoms with Crippen molar-refractivity contribution in [3.63, 3.8) is 0 Å². The number of hydrogen-bond acceptors (Lipinski definition) is 4. The van der Waals surface area contributed by atoms with Crippen LogP contribution in [0.5, 0.6) is 0 Å². The topological polar surface area (TPSA) is 47.7 Å². The van der Waals surface area contributed by atoms with Crippen LogP contribution < -0.4 is 5.73 Å². The highest BCUT2D eigenvalue weighted by Gasteiger charge is 2.15. The van der Waals surface area contributed by atoms with Crippen LogP contribution in [0.2, 0.25) is 0 Å². The van der Waals surface area contributed by atoms with E-state index in [4.69, 9.17) is 15.2 Å². The van der Waals surface area contributed by atoms with Gasteiger partial charge in [-0.3, -0.25) is 4.90 Å². The van der Waals surface area contributed by atoms with Gasteiger partial charge in [-0.2, -0.15) is 0 Å². The molecule has 0 fully saturated rings. The van der Waals surface area contributed by atoms with E-state index >= 15 is 0 Å². The maximum Gasteiger partial charge on any atom is 0.0615 e. The first-order valence-electron chi connectivity index (χ1n) is 6.81. The van der Waals surface area contributed by atoms with E-state index in [1.54, 1.807) is 14.2 Å². The summed E-state index contributed by atoms with van der Waals surface area (Å²) in [7, 11) is 3.46. The van der Waals surface area contributed by atoms with Gasteiger partial charge < -0.3 is 15.2 Å². The molecule has 1 aromatic carbocycles. The fourth-order valence-corrected chi connectivity index (χ4v) is 2.63. The van der Waals surface area contributed by atoms with Gasteiger partial charge in [0.25, 0.3) is 0 Å². The van der Waals surface area contributed by atoms with E-state index in [0.29, 0.717) is 25.8 Å². The largest absolute Gasteiger partial charge is 0.383 e. The molecule has 0 heterocycles. The van der Waals surface area contributed by atoms with Crippen LogP contribution in [-0.2, 0) is 22.6 Å². The zero-order valence-electron chi connectivity index (χ0n) is 12.6. The summed E-state index contributed by atoms with van der Waals surface area (Å²) in [4.78, 5) is 2.36. The third-order valence-electron chi connectivity index (χ3n) is 3.34. The van der Waals surface area contributed by atoms with Crippen molar-refractivity contribution >= 4 is 15.9 Å². The summed E-state index contributed by atoms with van der Waals surface area (Å²) in [6, 6.07) is 6.64. The summed E-state index contributed by atoms with van der Waals surface area (Å²) in [5, 5.41) is 0. The molecule has 114 valence electrons. The molecular weight excluding hydrogens is 320 g/mol.